The molecular formula is C8H17NO2S. The molecule has 0 amide bonds. The Morgan fingerprint density at radius 3 is 2.75 bits per heavy atom. The molecule has 0 aliphatic heterocycles. The number of nitrogens with one attached hydrogen (secondary N) is 1. The summed E-state index contributed by atoms with van der Waals surface area (Å²) < 4.78 is 4.98. The summed E-state index contributed by atoms with van der Waals surface area (Å²) in [6.07, 6.45) is 1.97. The molecule has 0 fully saturated rings. The number of hydrogen-bond acceptors (Lipinski definition) is 4. The van der Waals surface area contributed by atoms with E-state index in [1.165, 1.54) is 0 Å². The van der Waals surface area contributed by atoms with E-state index in [-0.39, 0.29) is 12.0 Å². The fourth-order valence-electron chi connectivity index (χ4n) is 0.701. The second kappa shape index (κ2) is 7.43. The Hall–Kier alpha value is -0.220. The summed E-state index contributed by atoms with van der Waals surface area (Å²) in [4.78, 5) is 11.1. The van der Waals surface area contributed by atoms with E-state index in [1.54, 1.807) is 7.05 Å². The van der Waals surface area contributed by atoms with E-state index in [0.29, 0.717) is 12.4 Å². The minimum Gasteiger partial charge on any atom is -0.465 e. The number of ether oxygens (including phenoxy) is 1. The molecule has 1 atom stereocenters. The maximum Gasteiger partial charge on any atom is 0.323 e. The predicted molar refractivity (Wildman–Crippen MR) is 52.6 cm³/mol. The molecule has 0 aliphatic carbocycles. The number of carbonyl (C=O) groups is 1. The van der Waals surface area contributed by atoms with Gasteiger partial charge < -0.3 is 10.1 Å². The maximum atomic E-state index is 11.1. The summed E-state index contributed by atoms with van der Waals surface area (Å²) in [6, 6.07) is -0.273. The second-order valence-electron chi connectivity index (χ2n) is 2.54. The van der Waals surface area contributed by atoms with Crippen molar-refractivity contribution < 1.29 is 9.53 Å². The van der Waals surface area contributed by atoms with Gasteiger partial charge in [0.05, 0.1) is 6.61 Å². The van der Waals surface area contributed by atoms with Crippen molar-refractivity contribution in [2.75, 3.05) is 19.4 Å². The van der Waals surface area contributed by atoms with E-state index < -0.39 is 0 Å². The van der Waals surface area contributed by atoms with Gasteiger partial charge in [-0.1, -0.05) is 13.3 Å². The van der Waals surface area contributed by atoms with Crippen LogP contribution in [0.5, 0.6) is 0 Å². The highest BCUT2D eigenvalue weighted by Crippen LogP contribution is 1.94. The molecule has 3 nitrogen and oxygen atoms in total. The Morgan fingerprint density at radius 2 is 2.33 bits per heavy atom. The van der Waals surface area contributed by atoms with Gasteiger partial charge in [0, 0.05) is 5.75 Å². The zero-order chi connectivity index (χ0) is 9.40. The number of esters is 1. The first-order chi connectivity index (χ1) is 5.76. The third kappa shape index (κ3) is 4.62. The molecule has 0 aromatic carbocycles. The van der Waals surface area contributed by atoms with Crippen molar-refractivity contribution in [2.45, 2.75) is 25.8 Å². The molecule has 4 heteroatoms. The van der Waals surface area contributed by atoms with Gasteiger partial charge in [-0.05, 0) is 13.5 Å². The number of likely N-dealkylation sites (N-methyl/N-ethyl adjacent to an activating group) is 1. The molecule has 0 aromatic rings. The van der Waals surface area contributed by atoms with Crippen molar-refractivity contribution in [1.82, 2.24) is 5.32 Å². The van der Waals surface area contributed by atoms with Crippen molar-refractivity contribution in [3.8, 4) is 0 Å². The number of unbranched alkanes of at least 4 members (excludes halogenated alkanes) is 1. The highest BCUT2D eigenvalue weighted by Gasteiger charge is 2.14. The van der Waals surface area contributed by atoms with Gasteiger partial charge in [-0.15, -0.1) is 0 Å². The minimum absolute atomic E-state index is 0.207. The zero-order valence-corrected chi connectivity index (χ0v) is 8.56. The highest BCUT2D eigenvalue weighted by molar-refractivity contribution is 7.80. The van der Waals surface area contributed by atoms with Crippen LogP contribution in [0.15, 0.2) is 0 Å². The maximum absolute atomic E-state index is 11.1. The Bertz CT molecular complexity index is 126. The fourth-order valence-corrected chi connectivity index (χ4v) is 1.03. The van der Waals surface area contributed by atoms with Crippen LogP contribution in [0.4, 0.5) is 0 Å². The van der Waals surface area contributed by atoms with E-state index >= 15 is 0 Å². The Labute approximate surface area is 79.3 Å². The van der Waals surface area contributed by atoms with E-state index in [0.717, 1.165) is 12.8 Å². The molecule has 0 bridgehead atoms. The molecule has 0 rings (SSSR count). The third-order valence-corrected chi connectivity index (χ3v) is 1.92. The molecule has 0 saturated heterocycles. The molecule has 0 saturated carbocycles. The second-order valence-corrected chi connectivity index (χ2v) is 2.91. The molecule has 1 unspecified atom stereocenters. The first kappa shape index (κ1) is 11.8. The first-order valence-corrected chi connectivity index (χ1v) is 4.84. The topological polar surface area (TPSA) is 38.3 Å². The molecule has 0 spiro atoms. The Morgan fingerprint density at radius 1 is 1.67 bits per heavy atom. The SMILES string of the molecule is CCCCOC(=O)C(CS)NC. The number of carbonyl (C=O) groups excluding carboxylic acids is 1. The molecule has 12 heavy (non-hydrogen) atoms. The first-order valence-electron chi connectivity index (χ1n) is 4.21. The van der Waals surface area contributed by atoms with Gasteiger partial charge in [0.1, 0.15) is 6.04 Å². The summed E-state index contributed by atoms with van der Waals surface area (Å²) in [6.45, 7) is 2.57. The van der Waals surface area contributed by atoms with E-state index in [1.807, 2.05) is 0 Å². The van der Waals surface area contributed by atoms with Crippen molar-refractivity contribution in [3.05, 3.63) is 0 Å². The standard InChI is InChI=1S/C8H17NO2S/c1-3-4-5-11-8(10)7(6-12)9-2/h7,9,12H,3-6H2,1-2H3. The number of rotatable bonds is 6. The molecule has 72 valence electrons. The van der Waals surface area contributed by atoms with Crippen molar-refractivity contribution in [3.63, 3.8) is 0 Å². The van der Waals surface area contributed by atoms with Crippen LogP contribution in [0.25, 0.3) is 0 Å². The normalized spacial score (nSPS) is 12.6. The lowest BCUT2D eigenvalue weighted by molar-refractivity contribution is -0.145. The van der Waals surface area contributed by atoms with Crippen molar-refractivity contribution in [1.29, 1.82) is 0 Å². The van der Waals surface area contributed by atoms with Crippen LogP contribution < -0.4 is 5.32 Å². The monoisotopic (exact) mass is 191 g/mol. The van der Waals surface area contributed by atoms with Gasteiger partial charge >= 0.3 is 5.97 Å². The Kier molecular flexibility index (Phi) is 7.29. The van der Waals surface area contributed by atoms with Crippen LogP contribution in [0.3, 0.4) is 0 Å². The van der Waals surface area contributed by atoms with E-state index in [2.05, 4.69) is 24.9 Å². The number of hydrogen-bond donors (Lipinski definition) is 2. The smallest absolute Gasteiger partial charge is 0.323 e. The molecule has 1 N–H and O–H groups in total. The summed E-state index contributed by atoms with van der Waals surface area (Å²) in [7, 11) is 1.72. The van der Waals surface area contributed by atoms with E-state index in [4.69, 9.17) is 4.74 Å². The Balaban J connectivity index is 3.54. The van der Waals surface area contributed by atoms with Crippen LogP contribution >= 0.6 is 12.6 Å². The van der Waals surface area contributed by atoms with E-state index in [9.17, 15) is 4.79 Å². The molecule has 0 aromatic heterocycles. The highest BCUT2D eigenvalue weighted by atomic mass is 32.1. The quantitative estimate of drug-likeness (QED) is 0.371. The van der Waals surface area contributed by atoms with Crippen LogP contribution in [0.1, 0.15) is 19.8 Å². The molecular weight excluding hydrogens is 174 g/mol. The van der Waals surface area contributed by atoms with Gasteiger partial charge in [-0.25, -0.2) is 0 Å². The van der Waals surface area contributed by atoms with Crippen LogP contribution in [-0.4, -0.2) is 31.4 Å². The summed E-state index contributed by atoms with van der Waals surface area (Å²) in [5, 5.41) is 2.83. The minimum atomic E-state index is -0.273. The lowest BCUT2D eigenvalue weighted by Gasteiger charge is -2.11. The predicted octanol–water partition coefficient (Wildman–Crippen LogP) is 0.848. The lowest BCUT2D eigenvalue weighted by Crippen LogP contribution is -2.37. The average Bonchev–Trinajstić information content (AvgIpc) is 2.07. The average molecular weight is 191 g/mol. The van der Waals surface area contributed by atoms with Gasteiger partial charge in [-0.2, -0.15) is 12.6 Å². The fraction of sp³-hybridized carbons (Fsp3) is 0.875. The van der Waals surface area contributed by atoms with Crippen molar-refractivity contribution >= 4 is 18.6 Å². The number of thiol groups is 1. The van der Waals surface area contributed by atoms with Crippen molar-refractivity contribution in [2.24, 2.45) is 0 Å². The largest absolute Gasteiger partial charge is 0.465 e. The van der Waals surface area contributed by atoms with Gasteiger partial charge in [0.15, 0.2) is 0 Å². The van der Waals surface area contributed by atoms with Gasteiger partial charge in [0.25, 0.3) is 0 Å². The molecule has 0 radical (unpaired) electrons. The molecule has 0 aliphatic rings. The van der Waals surface area contributed by atoms with Gasteiger partial charge in [0.2, 0.25) is 0 Å². The zero-order valence-electron chi connectivity index (χ0n) is 7.67. The van der Waals surface area contributed by atoms with Crippen LogP contribution in [0, 0.1) is 0 Å². The molecule has 0 heterocycles. The summed E-state index contributed by atoms with van der Waals surface area (Å²) in [5.74, 6) is 0.266. The summed E-state index contributed by atoms with van der Waals surface area (Å²) in [5.41, 5.74) is 0. The van der Waals surface area contributed by atoms with Gasteiger partial charge in [-0.3, -0.25) is 4.79 Å². The third-order valence-electron chi connectivity index (χ3n) is 1.56. The van der Waals surface area contributed by atoms with Crippen LogP contribution in [-0.2, 0) is 9.53 Å². The summed E-state index contributed by atoms with van der Waals surface area (Å²) >= 11 is 4.02. The van der Waals surface area contributed by atoms with Crippen LogP contribution in [0.2, 0.25) is 0 Å². The lowest BCUT2D eigenvalue weighted by atomic mass is 10.3.